The molecule has 0 aromatic carbocycles. The first-order valence-corrected chi connectivity index (χ1v) is 6.56. The van der Waals surface area contributed by atoms with E-state index in [1.807, 2.05) is 12.3 Å². The van der Waals surface area contributed by atoms with Gasteiger partial charge in [-0.3, -0.25) is 4.98 Å². The molecule has 3 nitrogen and oxygen atoms in total. The molecule has 2 fully saturated rings. The highest BCUT2D eigenvalue weighted by molar-refractivity contribution is 5.29. The van der Waals surface area contributed by atoms with Crippen LogP contribution in [0.2, 0.25) is 0 Å². The largest absolute Gasteiger partial charge is 0.385 e. The Morgan fingerprint density at radius 3 is 3.18 bits per heavy atom. The molecular weight excluding hydrogens is 212 g/mol. The third-order valence-corrected chi connectivity index (χ3v) is 4.43. The highest BCUT2D eigenvalue weighted by Crippen LogP contribution is 2.40. The SMILES string of the molecule is Cc1ccncc1C1(O)CCN2CCCC2C1. The molecule has 0 spiro atoms. The number of aromatic nitrogens is 1. The highest BCUT2D eigenvalue weighted by Gasteiger charge is 2.41. The zero-order valence-electron chi connectivity index (χ0n) is 10.4. The van der Waals surface area contributed by atoms with Crippen molar-refractivity contribution in [2.24, 2.45) is 0 Å². The molecule has 2 unspecified atom stereocenters. The molecule has 17 heavy (non-hydrogen) atoms. The number of hydrogen-bond donors (Lipinski definition) is 1. The van der Waals surface area contributed by atoms with Crippen molar-refractivity contribution in [3.8, 4) is 0 Å². The third kappa shape index (κ3) is 1.87. The molecule has 92 valence electrons. The van der Waals surface area contributed by atoms with Gasteiger partial charge in [0.15, 0.2) is 0 Å². The van der Waals surface area contributed by atoms with Crippen molar-refractivity contribution in [3.63, 3.8) is 0 Å². The number of piperidine rings is 1. The maximum absolute atomic E-state index is 10.9. The Bertz CT molecular complexity index is 420. The minimum absolute atomic E-state index is 0.577. The van der Waals surface area contributed by atoms with Gasteiger partial charge in [0.1, 0.15) is 0 Å². The van der Waals surface area contributed by atoms with E-state index in [2.05, 4.69) is 16.8 Å². The van der Waals surface area contributed by atoms with E-state index in [9.17, 15) is 5.11 Å². The smallest absolute Gasteiger partial charge is 0.0941 e. The Morgan fingerprint density at radius 1 is 1.47 bits per heavy atom. The molecule has 1 aromatic heterocycles. The summed E-state index contributed by atoms with van der Waals surface area (Å²) in [5.74, 6) is 0. The van der Waals surface area contributed by atoms with Crippen LogP contribution in [0.4, 0.5) is 0 Å². The van der Waals surface area contributed by atoms with Gasteiger partial charge in [-0.2, -0.15) is 0 Å². The van der Waals surface area contributed by atoms with E-state index < -0.39 is 5.60 Å². The average Bonchev–Trinajstić information content (AvgIpc) is 2.76. The van der Waals surface area contributed by atoms with Crippen LogP contribution in [0.1, 0.15) is 36.8 Å². The fraction of sp³-hybridized carbons (Fsp3) is 0.643. The van der Waals surface area contributed by atoms with Gasteiger partial charge in [0, 0.05) is 30.5 Å². The lowest BCUT2D eigenvalue weighted by Gasteiger charge is -2.41. The molecule has 0 amide bonds. The number of rotatable bonds is 1. The van der Waals surface area contributed by atoms with Crippen LogP contribution < -0.4 is 0 Å². The summed E-state index contributed by atoms with van der Waals surface area (Å²) in [7, 11) is 0. The fourth-order valence-electron chi connectivity index (χ4n) is 3.44. The maximum atomic E-state index is 10.9. The first-order chi connectivity index (χ1) is 8.19. The first kappa shape index (κ1) is 11.2. The predicted octanol–water partition coefficient (Wildman–Crippen LogP) is 1.84. The zero-order valence-corrected chi connectivity index (χ0v) is 10.4. The Hall–Kier alpha value is -0.930. The van der Waals surface area contributed by atoms with Crippen LogP contribution in [0, 0.1) is 6.92 Å². The summed E-state index contributed by atoms with van der Waals surface area (Å²) in [6.45, 7) is 4.30. The van der Waals surface area contributed by atoms with Gasteiger partial charge in [-0.25, -0.2) is 0 Å². The standard InChI is InChI=1S/C14H20N2O/c1-11-4-6-15-10-13(11)14(17)5-8-16-7-2-3-12(16)9-14/h4,6,10,12,17H,2-3,5,7-9H2,1H3. The van der Waals surface area contributed by atoms with Crippen molar-refractivity contribution in [3.05, 3.63) is 29.6 Å². The third-order valence-electron chi connectivity index (χ3n) is 4.43. The van der Waals surface area contributed by atoms with Crippen LogP contribution in [-0.2, 0) is 5.60 Å². The van der Waals surface area contributed by atoms with E-state index >= 15 is 0 Å². The minimum Gasteiger partial charge on any atom is -0.385 e. The van der Waals surface area contributed by atoms with Gasteiger partial charge in [-0.05, 0) is 50.8 Å². The summed E-state index contributed by atoms with van der Waals surface area (Å²) < 4.78 is 0. The van der Waals surface area contributed by atoms with Crippen LogP contribution in [0.5, 0.6) is 0 Å². The van der Waals surface area contributed by atoms with Crippen molar-refractivity contribution in [1.82, 2.24) is 9.88 Å². The molecule has 2 aliphatic rings. The van der Waals surface area contributed by atoms with Crippen molar-refractivity contribution in [2.75, 3.05) is 13.1 Å². The highest BCUT2D eigenvalue weighted by atomic mass is 16.3. The van der Waals surface area contributed by atoms with E-state index in [0.29, 0.717) is 6.04 Å². The Morgan fingerprint density at radius 2 is 2.35 bits per heavy atom. The lowest BCUT2D eigenvalue weighted by Crippen LogP contribution is -2.46. The van der Waals surface area contributed by atoms with E-state index in [1.165, 1.54) is 19.4 Å². The van der Waals surface area contributed by atoms with Crippen LogP contribution >= 0.6 is 0 Å². The molecule has 3 heterocycles. The number of aryl methyl sites for hydroxylation is 1. The molecule has 1 N–H and O–H groups in total. The van der Waals surface area contributed by atoms with E-state index in [-0.39, 0.29) is 0 Å². The maximum Gasteiger partial charge on any atom is 0.0941 e. The van der Waals surface area contributed by atoms with Crippen LogP contribution in [-0.4, -0.2) is 34.1 Å². The van der Waals surface area contributed by atoms with Gasteiger partial charge >= 0.3 is 0 Å². The van der Waals surface area contributed by atoms with Crippen molar-refractivity contribution in [1.29, 1.82) is 0 Å². The quantitative estimate of drug-likeness (QED) is 0.802. The van der Waals surface area contributed by atoms with Crippen molar-refractivity contribution >= 4 is 0 Å². The second-order valence-electron chi connectivity index (χ2n) is 5.51. The molecule has 0 saturated carbocycles. The summed E-state index contributed by atoms with van der Waals surface area (Å²) >= 11 is 0. The summed E-state index contributed by atoms with van der Waals surface area (Å²) in [5.41, 5.74) is 1.55. The molecule has 2 saturated heterocycles. The molecule has 0 radical (unpaired) electrons. The van der Waals surface area contributed by atoms with Gasteiger partial charge in [0.2, 0.25) is 0 Å². The number of aliphatic hydroxyl groups is 1. The number of fused-ring (bicyclic) bond motifs is 1. The monoisotopic (exact) mass is 232 g/mol. The average molecular weight is 232 g/mol. The normalized spacial score (nSPS) is 33.6. The minimum atomic E-state index is -0.649. The molecule has 3 rings (SSSR count). The van der Waals surface area contributed by atoms with Gasteiger partial charge in [0.25, 0.3) is 0 Å². The Kier molecular flexibility index (Phi) is 2.68. The zero-order chi connectivity index (χ0) is 11.9. The van der Waals surface area contributed by atoms with Gasteiger partial charge in [-0.1, -0.05) is 0 Å². The summed E-state index contributed by atoms with van der Waals surface area (Å²) in [4.78, 5) is 6.71. The molecule has 0 bridgehead atoms. The number of pyridine rings is 1. The number of hydrogen-bond acceptors (Lipinski definition) is 3. The molecule has 2 aliphatic heterocycles. The molecular formula is C14H20N2O. The first-order valence-electron chi connectivity index (χ1n) is 6.56. The van der Waals surface area contributed by atoms with Crippen molar-refractivity contribution < 1.29 is 5.11 Å². The van der Waals surface area contributed by atoms with Crippen LogP contribution in [0.25, 0.3) is 0 Å². The molecule has 3 heteroatoms. The summed E-state index contributed by atoms with van der Waals surface area (Å²) in [6.07, 6.45) is 7.89. The summed E-state index contributed by atoms with van der Waals surface area (Å²) in [6, 6.07) is 2.57. The molecule has 2 atom stereocenters. The lowest BCUT2D eigenvalue weighted by molar-refractivity contribution is -0.0415. The summed E-state index contributed by atoms with van der Waals surface area (Å²) in [5, 5.41) is 10.9. The fourth-order valence-corrected chi connectivity index (χ4v) is 3.44. The van der Waals surface area contributed by atoms with Crippen molar-refractivity contribution in [2.45, 2.75) is 44.2 Å². The van der Waals surface area contributed by atoms with Crippen LogP contribution in [0.3, 0.4) is 0 Å². The second-order valence-corrected chi connectivity index (χ2v) is 5.51. The second kappa shape index (κ2) is 4.07. The Balaban J connectivity index is 1.89. The topological polar surface area (TPSA) is 36.4 Å². The molecule has 0 aliphatic carbocycles. The van der Waals surface area contributed by atoms with Crippen LogP contribution in [0.15, 0.2) is 18.5 Å². The van der Waals surface area contributed by atoms with E-state index in [0.717, 1.165) is 30.5 Å². The van der Waals surface area contributed by atoms with Gasteiger partial charge in [0.05, 0.1) is 5.60 Å². The van der Waals surface area contributed by atoms with Gasteiger partial charge < -0.3 is 10.0 Å². The lowest BCUT2D eigenvalue weighted by atomic mass is 9.80. The van der Waals surface area contributed by atoms with E-state index in [1.54, 1.807) is 6.20 Å². The van der Waals surface area contributed by atoms with Gasteiger partial charge in [-0.15, -0.1) is 0 Å². The Labute approximate surface area is 102 Å². The molecule has 1 aromatic rings. The van der Waals surface area contributed by atoms with E-state index in [4.69, 9.17) is 0 Å². The number of nitrogens with zero attached hydrogens (tertiary/aromatic N) is 2. The predicted molar refractivity (Wildman–Crippen MR) is 66.7 cm³/mol.